The van der Waals surface area contributed by atoms with Crippen LogP contribution in [0.15, 0.2) is 66.7 Å². The Morgan fingerprint density at radius 2 is 1.66 bits per heavy atom. The third-order valence-electron chi connectivity index (χ3n) is 7.19. The number of ketones is 1. The molecule has 0 spiro atoms. The van der Waals surface area contributed by atoms with Gasteiger partial charge in [-0.2, -0.15) is 0 Å². The molecule has 0 aliphatic heterocycles. The number of carbonyl (C=O) groups excluding carboxylic acids is 1. The summed E-state index contributed by atoms with van der Waals surface area (Å²) in [4.78, 5) is 25.9. The lowest BCUT2D eigenvalue weighted by molar-refractivity contribution is -0.136. The van der Waals surface area contributed by atoms with Gasteiger partial charge in [-0.25, -0.2) is 0 Å². The number of rotatable bonds is 13. The van der Waals surface area contributed by atoms with E-state index in [0.29, 0.717) is 30.6 Å². The normalized spacial score (nSPS) is 13.8. The number of ether oxygens (including phenoxy) is 2. The number of carboxylic acid groups (broad SMARTS) is 1. The predicted octanol–water partition coefficient (Wildman–Crippen LogP) is 4.32. The second-order valence-electron chi connectivity index (χ2n) is 9.82. The highest BCUT2D eigenvalue weighted by molar-refractivity contribution is 5.96. The summed E-state index contributed by atoms with van der Waals surface area (Å²) in [5.74, 6) is 0.484. The van der Waals surface area contributed by atoms with Crippen LogP contribution in [0.3, 0.4) is 0 Å². The zero-order chi connectivity index (χ0) is 27.1. The summed E-state index contributed by atoms with van der Waals surface area (Å²) in [5, 5.41) is 19.9. The van der Waals surface area contributed by atoms with E-state index in [9.17, 15) is 14.7 Å². The number of carbonyl (C=O) groups is 2. The first-order chi connectivity index (χ1) is 18.4. The largest absolute Gasteiger partial charge is 0.497 e. The molecule has 0 fully saturated rings. The molecule has 0 radical (unpaired) electrons. The Balaban J connectivity index is 1.43. The van der Waals surface area contributed by atoms with Crippen LogP contribution in [-0.2, 0) is 30.6 Å². The van der Waals surface area contributed by atoms with E-state index in [-0.39, 0.29) is 24.7 Å². The van der Waals surface area contributed by atoms with Crippen molar-refractivity contribution in [3.8, 4) is 11.5 Å². The number of hydrogen-bond acceptors (Lipinski definition) is 6. The van der Waals surface area contributed by atoms with Gasteiger partial charge in [-0.3, -0.25) is 14.5 Å². The van der Waals surface area contributed by atoms with E-state index in [4.69, 9.17) is 14.6 Å². The lowest BCUT2D eigenvalue weighted by Crippen LogP contribution is -2.41. The van der Waals surface area contributed by atoms with E-state index in [0.717, 1.165) is 29.9 Å². The number of aliphatic hydroxyl groups excluding tert-OH is 1. The van der Waals surface area contributed by atoms with E-state index in [1.807, 2.05) is 18.2 Å². The molecule has 3 aromatic rings. The summed E-state index contributed by atoms with van der Waals surface area (Å²) < 4.78 is 11.0. The lowest BCUT2D eigenvalue weighted by atomic mass is 10.0. The summed E-state index contributed by atoms with van der Waals surface area (Å²) >= 11 is 0. The smallest absolute Gasteiger partial charge is 0.307 e. The Hall–Kier alpha value is -3.68. The molecule has 38 heavy (non-hydrogen) atoms. The van der Waals surface area contributed by atoms with Gasteiger partial charge in [-0.15, -0.1) is 0 Å². The maximum atomic E-state index is 12.7. The van der Waals surface area contributed by atoms with Gasteiger partial charge in [0.1, 0.15) is 11.5 Å². The van der Waals surface area contributed by atoms with Crippen LogP contribution in [0.1, 0.15) is 45.5 Å². The topological polar surface area (TPSA) is 96.3 Å². The van der Waals surface area contributed by atoms with Gasteiger partial charge < -0.3 is 19.7 Å². The molecule has 1 unspecified atom stereocenters. The van der Waals surface area contributed by atoms with Gasteiger partial charge in [-0.05, 0) is 42.0 Å². The molecule has 1 aliphatic rings. The van der Waals surface area contributed by atoms with Crippen LogP contribution in [0.2, 0.25) is 0 Å². The van der Waals surface area contributed by atoms with Gasteiger partial charge in [0.25, 0.3) is 0 Å². The average Bonchev–Trinajstić information content (AvgIpc) is 3.36. The number of hydrogen-bond donors (Lipinski definition) is 2. The van der Waals surface area contributed by atoms with E-state index in [2.05, 4.69) is 29.2 Å². The quantitative estimate of drug-likeness (QED) is 0.326. The molecular weight excluding hydrogens is 482 g/mol. The molecule has 1 aliphatic carbocycles. The molecule has 200 valence electrons. The maximum Gasteiger partial charge on any atom is 0.307 e. The fourth-order valence-corrected chi connectivity index (χ4v) is 5.12. The zero-order valence-electron chi connectivity index (χ0n) is 21.9. The summed E-state index contributed by atoms with van der Waals surface area (Å²) in [6.07, 6.45) is 1.60. The molecule has 0 saturated heterocycles. The fourth-order valence-electron chi connectivity index (χ4n) is 5.12. The minimum atomic E-state index is -0.908. The molecule has 7 nitrogen and oxygen atoms in total. The fraction of sp³-hybridized carbons (Fsp3) is 0.355. The van der Waals surface area contributed by atoms with Gasteiger partial charge in [-0.1, -0.05) is 54.6 Å². The minimum absolute atomic E-state index is 0.0671. The number of aliphatic carboxylic acids is 1. The second kappa shape index (κ2) is 12.7. The van der Waals surface area contributed by atoms with E-state index < -0.39 is 12.1 Å². The van der Waals surface area contributed by atoms with Crippen LogP contribution in [0.4, 0.5) is 0 Å². The molecule has 2 N–H and O–H groups in total. The van der Waals surface area contributed by atoms with Crippen LogP contribution >= 0.6 is 0 Å². The van der Waals surface area contributed by atoms with Crippen molar-refractivity contribution < 1.29 is 29.3 Å². The van der Waals surface area contributed by atoms with Crippen LogP contribution in [-0.4, -0.2) is 59.8 Å². The summed E-state index contributed by atoms with van der Waals surface area (Å²) in [7, 11) is 3.27. The van der Waals surface area contributed by atoms with Gasteiger partial charge in [0.05, 0.1) is 26.7 Å². The SMILES string of the molecule is COc1ccc(CN(CC(O)CCC(=O)c2ccc(CC(=O)O)cc2)C2Cc3ccccc3C2)c(OC)c1. The third kappa shape index (κ3) is 7.00. The molecule has 0 bridgehead atoms. The van der Waals surface area contributed by atoms with Crippen molar-refractivity contribution in [1.29, 1.82) is 0 Å². The number of benzene rings is 3. The molecule has 7 heteroatoms. The molecule has 3 aromatic carbocycles. The first-order valence-electron chi connectivity index (χ1n) is 12.9. The highest BCUT2D eigenvalue weighted by atomic mass is 16.5. The molecular formula is C31H35NO6. The van der Waals surface area contributed by atoms with Gasteiger partial charge in [0.15, 0.2) is 5.78 Å². The summed E-state index contributed by atoms with van der Waals surface area (Å²) in [5.41, 5.74) is 4.85. The maximum absolute atomic E-state index is 12.7. The van der Waals surface area contributed by atoms with Crippen LogP contribution in [0, 0.1) is 0 Å². The number of aliphatic hydroxyl groups is 1. The summed E-state index contributed by atoms with van der Waals surface area (Å²) in [6, 6.07) is 21.1. The van der Waals surface area contributed by atoms with Crippen molar-refractivity contribution in [2.24, 2.45) is 0 Å². The molecule has 0 saturated carbocycles. The standard InChI is InChI=1S/C31H35NO6/c1-37-28-13-11-25(30(18-28)38-2)19-32(26-16-23-5-3-4-6-24(23)17-26)20-27(33)12-14-29(34)22-9-7-21(8-10-22)15-31(35)36/h3-11,13,18,26-27,33H,12,14-17,19-20H2,1-2H3,(H,35,36). The Bertz CT molecular complexity index is 1230. The Morgan fingerprint density at radius 3 is 2.26 bits per heavy atom. The van der Waals surface area contributed by atoms with Crippen molar-refractivity contribution in [2.75, 3.05) is 20.8 Å². The minimum Gasteiger partial charge on any atom is -0.497 e. The summed E-state index contributed by atoms with van der Waals surface area (Å²) in [6.45, 7) is 1.03. The molecule has 0 amide bonds. The van der Waals surface area contributed by atoms with Crippen LogP contribution in [0.5, 0.6) is 11.5 Å². The lowest BCUT2D eigenvalue weighted by Gasteiger charge is -2.31. The van der Waals surface area contributed by atoms with Crippen molar-refractivity contribution in [3.05, 3.63) is 94.5 Å². The monoisotopic (exact) mass is 517 g/mol. The Morgan fingerprint density at radius 1 is 0.974 bits per heavy atom. The van der Waals surface area contributed by atoms with Crippen molar-refractivity contribution >= 4 is 11.8 Å². The highest BCUT2D eigenvalue weighted by Gasteiger charge is 2.29. The van der Waals surface area contributed by atoms with Crippen LogP contribution in [0.25, 0.3) is 0 Å². The van der Waals surface area contributed by atoms with E-state index >= 15 is 0 Å². The molecule has 4 rings (SSSR count). The molecule has 1 atom stereocenters. The van der Waals surface area contributed by atoms with E-state index in [1.165, 1.54) is 11.1 Å². The number of methoxy groups -OCH3 is 2. The van der Waals surface area contributed by atoms with Crippen molar-refractivity contribution in [3.63, 3.8) is 0 Å². The Labute approximate surface area is 223 Å². The predicted molar refractivity (Wildman–Crippen MR) is 145 cm³/mol. The number of Topliss-reactive ketones (excluding diaryl/α,β-unsaturated/α-hetero) is 1. The number of carboxylic acids is 1. The average molecular weight is 518 g/mol. The molecule has 0 heterocycles. The zero-order valence-corrected chi connectivity index (χ0v) is 21.9. The van der Waals surface area contributed by atoms with Gasteiger partial charge in [0.2, 0.25) is 0 Å². The molecule has 0 aromatic heterocycles. The van der Waals surface area contributed by atoms with E-state index in [1.54, 1.807) is 38.5 Å². The third-order valence-corrected chi connectivity index (χ3v) is 7.19. The van der Waals surface area contributed by atoms with Crippen LogP contribution < -0.4 is 9.47 Å². The first kappa shape index (κ1) is 27.4. The highest BCUT2D eigenvalue weighted by Crippen LogP contribution is 2.30. The Kier molecular flexibility index (Phi) is 9.15. The second-order valence-corrected chi connectivity index (χ2v) is 9.82. The first-order valence-corrected chi connectivity index (χ1v) is 12.9. The van der Waals surface area contributed by atoms with Crippen molar-refractivity contribution in [1.82, 2.24) is 4.90 Å². The van der Waals surface area contributed by atoms with Gasteiger partial charge in [0, 0.05) is 42.7 Å². The van der Waals surface area contributed by atoms with Crippen molar-refractivity contribution in [2.45, 2.75) is 50.8 Å². The van der Waals surface area contributed by atoms with Gasteiger partial charge >= 0.3 is 5.97 Å². The number of fused-ring (bicyclic) bond motifs is 1. The number of nitrogens with zero attached hydrogens (tertiary/aromatic N) is 1.